The average Bonchev–Trinajstić information content (AvgIpc) is 2.75. The zero-order chi connectivity index (χ0) is 14.7. The first-order chi connectivity index (χ1) is 9.56. The lowest BCUT2D eigenvalue weighted by atomic mass is 10.2. The van der Waals surface area contributed by atoms with Crippen LogP contribution in [0, 0.1) is 6.92 Å². The summed E-state index contributed by atoms with van der Waals surface area (Å²) >= 11 is 5.50. The first-order valence-electron chi connectivity index (χ1n) is 6.79. The Balaban J connectivity index is 2.22. The predicted octanol–water partition coefficient (Wildman–Crippen LogP) is 4.41. The maximum Gasteiger partial charge on any atom is 0.0767 e. The van der Waals surface area contributed by atoms with Gasteiger partial charge in [0.2, 0.25) is 0 Å². The van der Waals surface area contributed by atoms with Crippen LogP contribution in [0.4, 0.5) is 5.69 Å². The van der Waals surface area contributed by atoms with E-state index in [1.807, 2.05) is 23.9 Å². The van der Waals surface area contributed by atoms with Gasteiger partial charge in [-0.05, 0) is 53.9 Å². The summed E-state index contributed by atoms with van der Waals surface area (Å²) in [5, 5.41) is 4.63. The maximum atomic E-state index is 5.87. The fourth-order valence-corrected chi connectivity index (χ4v) is 4.06. The van der Waals surface area contributed by atoms with Crippen LogP contribution in [-0.4, -0.2) is 9.78 Å². The molecule has 2 N–H and O–H groups in total. The number of anilines is 1. The van der Waals surface area contributed by atoms with Gasteiger partial charge in [0.25, 0.3) is 0 Å². The third-order valence-electron chi connectivity index (χ3n) is 3.27. The molecule has 0 radical (unpaired) electrons. The van der Waals surface area contributed by atoms with Crippen LogP contribution in [-0.2, 0) is 18.7 Å². The number of hydrogen-bond donors (Lipinski definition) is 1. The Kier molecular flexibility index (Phi) is 5.16. The molecule has 0 saturated carbocycles. The van der Waals surface area contributed by atoms with E-state index in [-0.39, 0.29) is 0 Å². The van der Waals surface area contributed by atoms with E-state index >= 15 is 0 Å². The summed E-state index contributed by atoms with van der Waals surface area (Å²) in [4.78, 5) is 1.24. The van der Waals surface area contributed by atoms with Gasteiger partial charge in [-0.2, -0.15) is 5.10 Å². The number of nitrogens with two attached hydrogens (primary N) is 1. The van der Waals surface area contributed by atoms with Gasteiger partial charge in [0, 0.05) is 22.9 Å². The van der Waals surface area contributed by atoms with Crippen molar-refractivity contribution in [2.45, 2.75) is 44.4 Å². The van der Waals surface area contributed by atoms with Crippen LogP contribution in [0.3, 0.4) is 0 Å². The van der Waals surface area contributed by atoms with Crippen LogP contribution in [0.25, 0.3) is 0 Å². The first-order valence-corrected chi connectivity index (χ1v) is 8.57. The molecule has 0 aliphatic carbocycles. The van der Waals surface area contributed by atoms with E-state index < -0.39 is 0 Å². The first kappa shape index (κ1) is 15.4. The SMILES string of the molecule is CCc1nn(CC)c(CSc2cc(N)ccc2C)c1Br. The van der Waals surface area contributed by atoms with E-state index in [4.69, 9.17) is 5.73 Å². The molecule has 20 heavy (non-hydrogen) atoms. The van der Waals surface area contributed by atoms with E-state index in [1.54, 1.807) is 0 Å². The van der Waals surface area contributed by atoms with Crippen molar-refractivity contribution in [3.63, 3.8) is 0 Å². The number of nitrogen functional groups attached to an aromatic ring is 1. The van der Waals surface area contributed by atoms with Gasteiger partial charge >= 0.3 is 0 Å². The summed E-state index contributed by atoms with van der Waals surface area (Å²) in [6.45, 7) is 7.26. The minimum Gasteiger partial charge on any atom is -0.399 e. The van der Waals surface area contributed by atoms with Crippen molar-refractivity contribution >= 4 is 33.4 Å². The summed E-state index contributed by atoms with van der Waals surface area (Å²) in [6, 6.07) is 6.06. The molecule has 0 fully saturated rings. The van der Waals surface area contributed by atoms with Gasteiger partial charge < -0.3 is 5.73 Å². The van der Waals surface area contributed by atoms with Crippen LogP contribution in [0.15, 0.2) is 27.6 Å². The third-order valence-corrected chi connectivity index (χ3v) is 5.35. The quantitative estimate of drug-likeness (QED) is 0.639. The summed E-state index contributed by atoms with van der Waals surface area (Å²) in [5.74, 6) is 0.895. The summed E-state index contributed by atoms with van der Waals surface area (Å²) < 4.78 is 3.23. The molecular weight excluding hydrogens is 334 g/mol. The standard InChI is InChI=1S/C15H20BrN3S/c1-4-12-15(16)13(19(5-2)18-12)9-20-14-8-11(17)7-6-10(14)3/h6-8H,4-5,9,17H2,1-3H3. The van der Waals surface area contributed by atoms with Crippen LogP contribution < -0.4 is 5.73 Å². The van der Waals surface area contributed by atoms with Crippen molar-refractivity contribution in [1.82, 2.24) is 9.78 Å². The van der Waals surface area contributed by atoms with Crippen LogP contribution in [0.5, 0.6) is 0 Å². The van der Waals surface area contributed by atoms with Crippen molar-refractivity contribution in [2.24, 2.45) is 0 Å². The van der Waals surface area contributed by atoms with Crippen LogP contribution in [0.1, 0.15) is 30.8 Å². The molecule has 1 aromatic carbocycles. The Morgan fingerprint density at radius 1 is 1.35 bits per heavy atom. The molecule has 0 saturated heterocycles. The summed E-state index contributed by atoms with van der Waals surface area (Å²) in [5.41, 5.74) is 10.3. The molecule has 2 rings (SSSR count). The highest BCUT2D eigenvalue weighted by Crippen LogP contribution is 2.31. The van der Waals surface area contributed by atoms with Gasteiger partial charge in [-0.25, -0.2) is 0 Å². The lowest BCUT2D eigenvalue weighted by Crippen LogP contribution is -2.02. The summed E-state index contributed by atoms with van der Waals surface area (Å²) in [7, 11) is 0. The van der Waals surface area contributed by atoms with E-state index in [9.17, 15) is 0 Å². The molecule has 0 spiro atoms. The zero-order valence-corrected chi connectivity index (χ0v) is 14.5. The monoisotopic (exact) mass is 353 g/mol. The van der Waals surface area contributed by atoms with Crippen LogP contribution >= 0.6 is 27.7 Å². The molecule has 108 valence electrons. The van der Waals surface area contributed by atoms with E-state index in [0.717, 1.165) is 34.6 Å². The molecule has 2 aromatic rings. The molecule has 0 bridgehead atoms. The number of hydrogen-bond acceptors (Lipinski definition) is 3. The van der Waals surface area contributed by atoms with Gasteiger partial charge in [-0.15, -0.1) is 11.8 Å². The fraction of sp³-hybridized carbons (Fsp3) is 0.400. The number of aromatic nitrogens is 2. The average molecular weight is 354 g/mol. The second-order valence-corrected chi connectivity index (χ2v) is 6.50. The molecule has 5 heteroatoms. The van der Waals surface area contributed by atoms with E-state index in [0.29, 0.717) is 0 Å². The number of halogens is 1. The normalized spacial score (nSPS) is 11.0. The van der Waals surface area contributed by atoms with Gasteiger partial charge in [-0.3, -0.25) is 4.68 Å². The highest BCUT2D eigenvalue weighted by atomic mass is 79.9. The van der Waals surface area contributed by atoms with Crippen molar-refractivity contribution in [3.8, 4) is 0 Å². The van der Waals surface area contributed by atoms with Gasteiger partial charge in [-0.1, -0.05) is 13.0 Å². The predicted molar refractivity (Wildman–Crippen MR) is 90.1 cm³/mol. The van der Waals surface area contributed by atoms with Crippen LogP contribution in [0.2, 0.25) is 0 Å². The minimum absolute atomic E-state index is 0.815. The summed E-state index contributed by atoms with van der Waals surface area (Å²) in [6.07, 6.45) is 0.947. The molecule has 0 amide bonds. The van der Waals surface area contributed by atoms with Crippen molar-refractivity contribution in [1.29, 1.82) is 0 Å². The largest absolute Gasteiger partial charge is 0.399 e. The fourth-order valence-electron chi connectivity index (χ4n) is 2.07. The second-order valence-electron chi connectivity index (χ2n) is 4.69. The Morgan fingerprint density at radius 2 is 2.10 bits per heavy atom. The smallest absolute Gasteiger partial charge is 0.0767 e. The molecule has 0 unspecified atom stereocenters. The highest BCUT2D eigenvalue weighted by molar-refractivity contribution is 9.10. The lowest BCUT2D eigenvalue weighted by molar-refractivity contribution is 0.627. The van der Waals surface area contributed by atoms with Gasteiger partial charge in [0.1, 0.15) is 0 Å². The van der Waals surface area contributed by atoms with Gasteiger partial charge in [0.05, 0.1) is 15.9 Å². The minimum atomic E-state index is 0.815. The van der Waals surface area contributed by atoms with Gasteiger partial charge in [0.15, 0.2) is 0 Å². The Hall–Kier alpha value is -0.940. The molecule has 1 heterocycles. The Bertz CT molecular complexity index is 607. The molecule has 0 aliphatic rings. The number of thioether (sulfide) groups is 1. The molecule has 3 nitrogen and oxygen atoms in total. The van der Waals surface area contributed by atoms with E-state index in [2.05, 4.69) is 52.5 Å². The molecule has 1 aromatic heterocycles. The molecule has 0 atom stereocenters. The Labute approximate surface area is 133 Å². The zero-order valence-electron chi connectivity index (χ0n) is 12.1. The Morgan fingerprint density at radius 3 is 2.75 bits per heavy atom. The number of aryl methyl sites for hydroxylation is 3. The van der Waals surface area contributed by atoms with Crippen molar-refractivity contribution in [3.05, 3.63) is 39.6 Å². The maximum absolute atomic E-state index is 5.87. The number of rotatable bonds is 5. The number of benzene rings is 1. The number of nitrogens with zero attached hydrogens (tertiary/aromatic N) is 2. The van der Waals surface area contributed by atoms with Crippen molar-refractivity contribution in [2.75, 3.05) is 5.73 Å². The molecular formula is C15H20BrN3S. The van der Waals surface area contributed by atoms with E-state index in [1.165, 1.54) is 16.2 Å². The second kappa shape index (κ2) is 6.68. The lowest BCUT2D eigenvalue weighted by Gasteiger charge is -2.08. The van der Waals surface area contributed by atoms with Crippen molar-refractivity contribution < 1.29 is 0 Å². The topological polar surface area (TPSA) is 43.8 Å². The third kappa shape index (κ3) is 3.20. The highest BCUT2D eigenvalue weighted by Gasteiger charge is 2.14. The molecule has 0 aliphatic heterocycles.